The normalized spacial score (nSPS) is 19.9. The Kier molecular flexibility index (Phi) is 5.99. The van der Waals surface area contributed by atoms with Crippen molar-refractivity contribution in [2.24, 2.45) is 5.41 Å². The Morgan fingerprint density at radius 3 is 2.78 bits per heavy atom. The van der Waals surface area contributed by atoms with Crippen molar-refractivity contribution in [1.82, 2.24) is 19.7 Å². The number of carbonyl (C=O) groups excluding carboxylic acids is 1. The molecule has 0 bridgehead atoms. The summed E-state index contributed by atoms with van der Waals surface area (Å²) in [5.74, 6) is 1.73. The second-order valence-corrected chi connectivity index (χ2v) is 7.95. The number of piperidine rings is 1. The Morgan fingerprint density at radius 2 is 2.11 bits per heavy atom. The molecule has 146 valence electrons. The van der Waals surface area contributed by atoms with Crippen LogP contribution in [0.1, 0.15) is 39.5 Å². The lowest BCUT2D eigenvalue weighted by Crippen LogP contribution is -2.44. The van der Waals surface area contributed by atoms with Crippen LogP contribution in [0.3, 0.4) is 0 Å². The molecule has 1 aliphatic heterocycles. The fourth-order valence-corrected chi connectivity index (χ4v) is 3.89. The highest BCUT2D eigenvalue weighted by Gasteiger charge is 2.31. The molecular weight excluding hydrogens is 360 g/mol. The van der Waals surface area contributed by atoms with Crippen LogP contribution in [-0.2, 0) is 11.3 Å². The first kappa shape index (κ1) is 19.6. The van der Waals surface area contributed by atoms with Crippen molar-refractivity contribution < 1.29 is 9.53 Å². The fraction of sp³-hybridized carbons (Fsp3) is 0.550. The van der Waals surface area contributed by atoms with E-state index in [2.05, 4.69) is 24.0 Å². The van der Waals surface area contributed by atoms with Crippen LogP contribution in [0.4, 0.5) is 0 Å². The minimum atomic E-state index is 0.193. The number of hydrogen-bond acceptors (Lipinski definition) is 4. The number of benzene rings is 1. The van der Waals surface area contributed by atoms with Gasteiger partial charge in [0.05, 0.1) is 7.11 Å². The number of ether oxygens (including phenoxy) is 1. The van der Waals surface area contributed by atoms with E-state index in [1.807, 2.05) is 33.7 Å². The Hall–Kier alpha value is -2.15. The minimum Gasteiger partial charge on any atom is -0.497 e. The number of methoxy groups -OCH3 is 1. The van der Waals surface area contributed by atoms with Gasteiger partial charge in [0.25, 0.3) is 0 Å². The van der Waals surface area contributed by atoms with Gasteiger partial charge in [-0.05, 0) is 61.2 Å². The molecule has 6 nitrogen and oxygen atoms in total. The lowest BCUT2D eigenvalue weighted by molar-refractivity contribution is -0.134. The summed E-state index contributed by atoms with van der Waals surface area (Å²) >= 11 is 5.38. The Balaban J connectivity index is 1.70. The predicted molar refractivity (Wildman–Crippen MR) is 108 cm³/mol. The fourth-order valence-electron chi connectivity index (χ4n) is 3.67. The third-order valence-electron chi connectivity index (χ3n) is 5.64. The molecule has 1 saturated heterocycles. The lowest BCUT2D eigenvalue weighted by atomic mass is 9.79. The van der Waals surface area contributed by atoms with Crippen LogP contribution in [0.5, 0.6) is 5.75 Å². The molecule has 1 atom stereocenters. The van der Waals surface area contributed by atoms with Gasteiger partial charge in [-0.25, -0.2) is 0 Å². The molecule has 1 unspecified atom stereocenters. The molecular formula is C20H28N4O2S. The minimum absolute atomic E-state index is 0.193. The third kappa shape index (κ3) is 4.40. The molecule has 7 heteroatoms. The molecule has 0 spiro atoms. The molecule has 2 aromatic rings. The molecule has 1 N–H and O–H groups in total. The van der Waals surface area contributed by atoms with Crippen LogP contribution in [0.15, 0.2) is 24.3 Å². The maximum absolute atomic E-state index is 12.8. The number of H-pyrrole nitrogens is 1. The van der Waals surface area contributed by atoms with Gasteiger partial charge in [0.2, 0.25) is 5.91 Å². The van der Waals surface area contributed by atoms with Crippen LogP contribution < -0.4 is 4.74 Å². The van der Waals surface area contributed by atoms with Gasteiger partial charge in [-0.1, -0.05) is 13.8 Å². The molecule has 1 aromatic carbocycles. The van der Waals surface area contributed by atoms with Crippen LogP contribution in [0.2, 0.25) is 0 Å². The number of rotatable bonds is 6. The van der Waals surface area contributed by atoms with Crippen LogP contribution in [0, 0.1) is 10.2 Å². The van der Waals surface area contributed by atoms with E-state index >= 15 is 0 Å². The molecule has 3 rings (SSSR count). The van der Waals surface area contributed by atoms with Crippen molar-refractivity contribution in [2.75, 3.05) is 20.2 Å². The molecule has 1 fully saturated rings. The Bertz CT molecular complexity index is 842. The van der Waals surface area contributed by atoms with Crippen LogP contribution in [0.25, 0.3) is 11.4 Å². The van der Waals surface area contributed by atoms with E-state index in [0.717, 1.165) is 43.1 Å². The first-order chi connectivity index (χ1) is 13.0. The van der Waals surface area contributed by atoms with Gasteiger partial charge >= 0.3 is 0 Å². The van der Waals surface area contributed by atoms with Crippen molar-refractivity contribution in [3.8, 4) is 17.1 Å². The van der Waals surface area contributed by atoms with Crippen molar-refractivity contribution in [2.45, 2.75) is 46.1 Å². The Morgan fingerprint density at radius 1 is 1.37 bits per heavy atom. The summed E-state index contributed by atoms with van der Waals surface area (Å²) in [6, 6.07) is 7.67. The summed E-state index contributed by atoms with van der Waals surface area (Å²) in [5, 5.41) is 7.20. The van der Waals surface area contributed by atoms with E-state index in [1.54, 1.807) is 7.11 Å². The molecule has 1 aromatic heterocycles. The van der Waals surface area contributed by atoms with Crippen molar-refractivity contribution >= 4 is 18.1 Å². The zero-order valence-corrected chi connectivity index (χ0v) is 17.1. The molecule has 0 aliphatic carbocycles. The molecule has 1 amide bonds. The van der Waals surface area contributed by atoms with Gasteiger partial charge in [0.15, 0.2) is 10.6 Å². The van der Waals surface area contributed by atoms with Gasteiger partial charge in [0, 0.05) is 31.6 Å². The summed E-state index contributed by atoms with van der Waals surface area (Å²) < 4.78 is 7.64. The molecule has 27 heavy (non-hydrogen) atoms. The number of amides is 1. The van der Waals surface area contributed by atoms with E-state index in [-0.39, 0.29) is 11.3 Å². The van der Waals surface area contributed by atoms with Crippen molar-refractivity contribution in [1.29, 1.82) is 0 Å². The summed E-state index contributed by atoms with van der Waals surface area (Å²) in [4.78, 5) is 14.8. The smallest absolute Gasteiger partial charge is 0.224 e. The second-order valence-electron chi connectivity index (χ2n) is 7.57. The number of carbonyl (C=O) groups is 1. The lowest BCUT2D eigenvalue weighted by Gasteiger charge is -2.40. The van der Waals surface area contributed by atoms with Gasteiger partial charge in [-0.2, -0.15) is 5.10 Å². The summed E-state index contributed by atoms with van der Waals surface area (Å²) in [5.41, 5.74) is 1.18. The average Bonchev–Trinajstić information content (AvgIpc) is 3.06. The summed E-state index contributed by atoms with van der Waals surface area (Å²) in [7, 11) is 1.64. The highest BCUT2D eigenvalue weighted by atomic mass is 32.1. The topological polar surface area (TPSA) is 63.1 Å². The number of nitrogens with one attached hydrogen (secondary N) is 1. The van der Waals surface area contributed by atoms with E-state index in [4.69, 9.17) is 17.0 Å². The monoisotopic (exact) mass is 388 g/mol. The highest BCUT2D eigenvalue weighted by molar-refractivity contribution is 7.71. The van der Waals surface area contributed by atoms with Gasteiger partial charge < -0.3 is 9.64 Å². The van der Waals surface area contributed by atoms with Gasteiger partial charge in [-0.3, -0.25) is 14.5 Å². The molecule has 0 saturated carbocycles. The van der Waals surface area contributed by atoms with E-state index < -0.39 is 0 Å². The Labute approximate surface area is 165 Å². The highest BCUT2D eigenvalue weighted by Crippen LogP contribution is 2.32. The largest absolute Gasteiger partial charge is 0.497 e. The molecule has 1 aliphatic rings. The van der Waals surface area contributed by atoms with Gasteiger partial charge in [0.1, 0.15) is 5.75 Å². The first-order valence-corrected chi connectivity index (χ1v) is 9.94. The van der Waals surface area contributed by atoms with Crippen molar-refractivity contribution in [3.05, 3.63) is 29.0 Å². The SMILES string of the molecule is CCC1(C)CCCN(C(=O)CCn2c(-c3ccc(OC)cc3)n[nH]c2=S)C1. The van der Waals surface area contributed by atoms with E-state index in [9.17, 15) is 4.79 Å². The van der Waals surface area contributed by atoms with E-state index in [1.165, 1.54) is 6.42 Å². The van der Waals surface area contributed by atoms with Gasteiger partial charge in [-0.15, -0.1) is 0 Å². The number of aromatic nitrogens is 3. The standard InChI is InChI=1S/C20H28N4O2S/c1-4-20(2)11-5-12-23(14-20)17(25)10-13-24-18(21-22-19(24)27)15-6-8-16(26-3)9-7-15/h6-9H,4-5,10-14H2,1-3H3,(H,22,27). The van der Waals surface area contributed by atoms with Crippen molar-refractivity contribution in [3.63, 3.8) is 0 Å². The zero-order valence-electron chi connectivity index (χ0n) is 16.3. The molecule has 0 radical (unpaired) electrons. The number of aromatic amines is 1. The third-order valence-corrected chi connectivity index (χ3v) is 5.95. The quantitative estimate of drug-likeness (QED) is 0.759. The summed E-state index contributed by atoms with van der Waals surface area (Å²) in [6.45, 7) is 6.72. The maximum atomic E-state index is 12.8. The maximum Gasteiger partial charge on any atom is 0.224 e. The second kappa shape index (κ2) is 8.25. The predicted octanol–water partition coefficient (Wildman–Crippen LogP) is 4.05. The number of likely N-dealkylation sites (tertiary alicyclic amines) is 1. The summed E-state index contributed by atoms with van der Waals surface area (Å²) in [6.07, 6.45) is 3.81. The average molecular weight is 389 g/mol. The van der Waals surface area contributed by atoms with Crippen LogP contribution >= 0.6 is 12.2 Å². The zero-order chi connectivity index (χ0) is 19.4. The van der Waals surface area contributed by atoms with Crippen LogP contribution in [-0.4, -0.2) is 45.8 Å². The number of hydrogen-bond donors (Lipinski definition) is 1. The van der Waals surface area contributed by atoms with E-state index in [0.29, 0.717) is 17.7 Å². The first-order valence-electron chi connectivity index (χ1n) is 9.53. The number of nitrogens with zero attached hydrogens (tertiary/aromatic N) is 3. The molecule has 2 heterocycles.